The van der Waals surface area contributed by atoms with E-state index < -0.39 is 0 Å². The van der Waals surface area contributed by atoms with Crippen LogP contribution in [0.25, 0.3) is 5.57 Å². The number of allylic oxidation sites excluding steroid dienone is 2. The molecule has 1 aromatic rings. The van der Waals surface area contributed by atoms with E-state index in [1.807, 2.05) is 0 Å². The van der Waals surface area contributed by atoms with Gasteiger partial charge in [0.2, 0.25) is 0 Å². The van der Waals surface area contributed by atoms with Crippen molar-refractivity contribution in [3.05, 3.63) is 35.9 Å². The molecule has 2 nitrogen and oxygen atoms in total. The van der Waals surface area contributed by atoms with E-state index in [2.05, 4.69) is 54.0 Å². The number of piperazine rings is 1. The van der Waals surface area contributed by atoms with Crippen LogP contribution in [0.5, 0.6) is 0 Å². The number of nitrogens with zero attached hydrogens (tertiary/aromatic N) is 2. The zero-order valence-electron chi connectivity index (χ0n) is 15.8. The van der Waals surface area contributed by atoms with E-state index in [1.54, 1.807) is 5.57 Å². The average Bonchev–Trinajstić information content (AvgIpc) is 3.40. The van der Waals surface area contributed by atoms with Crippen LogP contribution in [0, 0.1) is 11.3 Å². The van der Waals surface area contributed by atoms with Crippen LogP contribution in [-0.2, 0) is 0 Å². The van der Waals surface area contributed by atoms with Crippen molar-refractivity contribution >= 4 is 23.7 Å². The van der Waals surface area contributed by atoms with Crippen LogP contribution >= 0.6 is 12.4 Å². The van der Waals surface area contributed by atoms with Gasteiger partial charge < -0.3 is 4.90 Å². The Balaban J connectivity index is 0.00000182. The first-order chi connectivity index (χ1) is 11.6. The van der Waals surface area contributed by atoms with Crippen molar-refractivity contribution < 1.29 is 0 Å². The highest BCUT2D eigenvalue weighted by molar-refractivity contribution is 5.85. The Bertz CT molecular complexity index is 610. The lowest BCUT2D eigenvalue weighted by atomic mass is 9.77. The molecule has 2 fully saturated rings. The van der Waals surface area contributed by atoms with Crippen LogP contribution in [0.15, 0.2) is 30.3 Å². The molecule has 0 radical (unpaired) electrons. The van der Waals surface area contributed by atoms with Crippen LogP contribution in [-0.4, -0.2) is 37.6 Å². The maximum absolute atomic E-state index is 2.68. The maximum atomic E-state index is 2.68. The summed E-state index contributed by atoms with van der Waals surface area (Å²) in [5, 5.41) is 0. The molecule has 1 aliphatic heterocycles. The summed E-state index contributed by atoms with van der Waals surface area (Å²) in [4.78, 5) is 5.30. The maximum Gasteiger partial charge on any atom is 0.0443 e. The Morgan fingerprint density at radius 1 is 1.04 bits per heavy atom. The summed E-state index contributed by atoms with van der Waals surface area (Å²) < 4.78 is 0. The molecule has 0 atom stereocenters. The van der Waals surface area contributed by atoms with E-state index in [0.29, 0.717) is 5.41 Å². The summed E-state index contributed by atoms with van der Waals surface area (Å²) in [7, 11) is 0. The largest absolute Gasteiger partial charge is 0.368 e. The first-order valence-electron chi connectivity index (χ1n) is 9.86. The normalized spacial score (nSPS) is 23.8. The molecule has 25 heavy (non-hydrogen) atoms. The Morgan fingerprint density at radius 3 is 2.40 bits per heavy atom. The van der Waals surface area contributed by atoms with Gasteiger partial charge in [0, 0.05) is 44.0 Å². The predicted octanol–water partition coefficient (Wildman–Crippen LogP) is 5.23. The van der Waals surface area contributed by atoms with E-state index in [9.17, 15) is 0 Å². The number of benzene rings is 1. The Labute approximate surface area is 159 Å². The van der Waals surface area contributed by atoms with Crippen LogP contribution in [0.2, 0.25) is 0 Å². The van der Waals surface area contributed by atoms with Crippen LogP contribution in [0.4, 0.5) is 5.69 Å². The van der Waals surface area contributed by atoms with E-state index >= 15 is 0 Å². The third kappa shape index (κ3) is 4.60. The minimum atomic E-state index is 0. The Kier molecular flexibility index (Phi) is 5.80. The van der Waals surface area contributed by atoms with Gasteiger partial charge in [-0.2, -0.15) is 0 Å². The second-order valence-corrected chi connectivity index (χ2v) is 8.85. The molecule has 0 aromatic heterocycles. The third-order valence-corrected chi connectivity index (χ3v) is 6.15. The van der Waals surface area contributed by atoms with Crippen LogP contribution in [0.3, 0.4) is 0 Å². The standard InChI is InChI=1S/C22H32N2.ClH/c1-22(2)11-9-19(10-12-22)20-5-3-4-6-21(20)24-15-13-23(14-16-24)17-18-7-8-18;/h3-6,9,18H,7-8,10-17H2,1-2H3;1H. The minimum Gasteiger partial charge on any atom is -0.368 e. The molecule has 0 spiro atoms. The highest BCUT2D eigenvalue weighted by atomic mass is 35.5. The fourth-order valence-electron chi connectivity index (χ4n) is 4.18. The van der Waals surface area contributed by atoms with Gasteiger partial charge in [-0.1, -0.05) is 38.1 Å². The summed E-state index contributed by atoms with van der Waals surface area (Å²) >= 11 is 0. The highest BCUT2D eigenvalue weighted by Gasteiger charge is 2.28. The van der Waals surface area contributed by atoms with E-state index in [4.69, 9.17) is 0 Å². The van der Waals surface area contributed by atoms with Crippen molar-refractivity contribution in [2.24, 2.45) is 11.3 Å². The van der Waals surface area contributed by atoms with Gasteiger partial charge in [-0.15, -0.1) is 12.4 Å². The number of para-hydroxylation sites is 1. The monoisotopic (exact) mass is 360 g/mol. The molecule has 2 aliphatic carbocycles. The molecule has 0 N–H and O–H groups in total. The Hall–Kier alpha value is -0.990. The van der Waals surface area contributed by atoms with E-state index in [-0.39, 0.29) is 12.4 Å². The summed E-state index contributed by atoms with van der Waals surface area (Å²) in [5.41, 5.74) is 5.01. The second-order valence-electron chi connectivity index (χ2n) is 8.85. The molecule has 138 valence electrons. The fraction of sp³-hybridized carbons (Fsp3) is 0.636. The van der Waals surface area contributed by atoms with Crippen LogP contribution in [0.1, 0.15) is 51.5 Å². The summed E-state index contributed by atoms with van der Waals surface area (Å²) in [6.45, 7) is 11.0. The molecule has 1 saturated carbocycles. The minimum absolute atomic E-state index is 0. The summed E-state index contributed by atoms with van der Waals surface area (Å²) in [6, 6.07) is 9.11. The SMILES string of the molecule is CC1(C)CC=C(c2ccccc2N2CCN(CC3CC3)CC2)CC1.Cl. The van der Waals surface area contributed by atoms with Crippen molar-refractivity contribution in [2.45, 2.75) is 46.0 Å². The lowest BCUT2D eigenvalue weighted by molar-refractivity contribution is 0.248. The summed E-state index contributed by atoms with van der Waals surface area (Å²) in [5.74, 6) is 1.01. The second kappa shape index (κ2) is 7.72. The molecule has 3 heteroatoms. The van der Waals surface area contributed by atoms with Crippen molar-refractivity contribution in [1.82, 2.24) is 4.90 Å². The molecule has 1 aromatic carbocycles. The molecular formula is C22H33ClN2. The zero-order valence-corrected chi connectivity index (χ0v) is 16.7. The van der Waals surface area contributed by atoms with E-state index in [0.717, 1.165) is 5.92 Å². The van der Waals surface area contributed by atoms with E-state index in [1.165, 1.54) is 76.1 Å². The first-order valence-corrected chi connectivity index (χ1v) is 9.86. The van der Waals surface area contributed by atoms with Crippen molar-refractivity contribution in [1.29, 1.82) is 0 Å². The van der Waals surface area contributed by atoms with Gasteiger partial charge in [0.25, 0.3) is 0 Å². The molecular weight excluding hydrogens is 328 g/mol. The quantitative estimate of drug-likeness (QED) is 0.725. The number of hydrogen-bond donors (Lipinski definition) is 0. The van der Waals surface area contributed by atoms with Crippen molar-refractivity contribution in [3.8, 4) is 0 Å². The molecule has 0 amide bonds. The molecule has 0 bridgehead atoms. The topological polar surface area (TPSA) is 6.48 Å². The molecule has 1 saturated heterocycles. The zero-order chi connectivity index (χ0) is 16.6. The van der Waals surface area contributed by atoms with Gasteiger partial charge in [-0.05, 0) is 55.1 Å². The molecule has 3 aliphatic rings. The molecule has 4 rings (SSSR count). The van der Waals surface area contributed by atoms with Gasteiger partial charge >= 0.3 is 0 Å². The van der Waals surface area contributed by atoms with Gasteiger partial charge in [0.05, 0.1) is 0 Å². The smallest absolute Gasteiger partial charge is 0.0443 e. The average molecular weight is 361 g/mol. The van der Waals surface area contributed by atoms with Gasteiger partial charge in [0.15, 0.2) is 0 Å². The first kappa shape index (κ1) is 18.8. The summed E-state index contributed by atoms with van der Waals surface area (Å²) in [6.07, 6.45) is 9.19. The van der Waals surface area contributed by atoms with Gasteiger partial charge in [0.1, 0.15) is 0 Å². The van der Waals surface area contributed by atoms with Crippen molar-refractivity contribution in [3.63, 3.8) is 0 Å². The number of rotatable bonds is 4. The predicted molar refractivity (Wildman–Crippen MR) is 111 cm³/mol. The lowest BCUT2D eigenvalue weighted by Crippen LogP contribution is -2.47. The van der Waals surface area contributed by atoms with Gasteiger partial charge in [-0.3, -0.25) is 4.90 Å². The number of hydrogen-bond acceptors (Lipinski definition) is 2. The highest BCUT2D eigenvalue weighted by Crippen LogP contribution is 2.40. The molecule has 1 heterocycles. The fourth-order valence-corrected chi connectivity index (χ4v) is 4.18. The van der Waals surface area contributed by atoms with Gasteiger partial charge in [-0.25, -0.2) is 0 Å². The Morgan fingerprint density at radius 2 is 1.76 bits per heavy atom. The van der Waals surface area contributed by atoms with Crippen molar-refractivity contribution in [2.75, 3.05) is 37.6 Å². The third-order valence-electron chi connectivity index (χ3n) is 6.15. The lowest BCUT2D eigenvalue weighted by Gasteiger charge is -2.38. The molecule has 0 unspecified atom stereocenters. The number of anilines is 1. The van der Waals surface area contributed by atoms with Crippen LogP contribution < -0.4 is 4.90 Å². The number of halogens is 1.